The highest BCUT2D eigenvalue weighted by atomic mass is 15.4. The Labute approximate surface area is 72.8 Å². The van der Waals surface area contributed by atoms with Gasteiger partial charge in [0.1, 0.15) is 0 Å². The van der Waals surface area contributed by atoms with Crippen molar-refractivity contribution in [2.45, 2.75) is 39.2 Å². The second kappa shape index (κ2) is 4.74. The van der Waals surface area contributed by atoms with Crippen LogP contribution in [0.2, 0.25) is 0 Å². The van der Waals surface area contributed by atoms with Gasteiger partial charge in [-0.05, 0) is 6.42 Å². The van der Waals surface area contributed by atoms with E-state index in [0.29, 0.717) is 5.82 Å². The second-order valence-electron chi connectivity index (χ2n) is 2.97. The minimum absolute atomic E-state index is 0.505. The smallest absolute Gasteiger partial charge is 0.165 e. The summed E-state index contributed by atoms with van der Waals surface area (Å²) in [6, 6.07) is 0. The van der Waals surface area contributed by atoms with Crippen LogP contribution in [0.15, 0.2) is 6.20 Å². The van der Waals surface area contributed by atoms with Gasteiger partial charge in [0.15, 0.2) is 5.82 Å². The van der Waals surface area contributed by atoms with E-state index in [4.69, 9.17) is 5.73 Å². The molecule has 0 saturated heterocycles. The van der Waals surface area contributed by atoms with Gasteiger partial charge in [0.25, 0.3) is 0 Å². The molecule has 0 aliphatic carbocycles. The Balaban J connectivity index is 2.15. The molecule has 0 radical (unpaired) electrons. The van der Waals surface area contributed by atoms with E-state index in [1.165, 1.54) is 19.3 Å². The van der Waals surface area contributed by atoms with Crippen molar-refractivity contribution in [2.24, 2.45) is 0 Å². The largest absolute Gasteiger partial charge is 0.381 e. The van der Waals surface area contributed by atoms with Crippen molar-refractivity contribution in [3.05, 3.63) is 6.20 Å². The van der Waals surface area contributed by atoms with Crippen molar-refractivity contribution in [3.63, 3.8) is 0 Å². The molecule has 68 valence electrons. The van der Waals surface area contributed by atoms with E-state index < -0.39 is 0 Å². The normalized spacial score (nSPS) is 10.4. The molecule has 4 nitrogen and oxygen atoms in total. The Bertz CT molecular complexity index is 219. The molecule has 2 N–H and O–H groups in total. The predicted molar refractivity (Wildman–Crippen MR) is 48.6 cm³/mol. The summed E-state index contributed by atoms with van der Waals surface area (Å²) in [5.74, 6) is 0.505. The highest BCUT2D eigenvalue weighted by molar-refractivity contribution is 5.19. The van der Waals surface area contributed by atoms with Crippen LogP contribution in [0.5, 0.6) is 0 Å². The van der Waals surface area contributed by atoms with E-state index in [1.807, 2.05) is 0 Å². The lowest BCUT2D eigenvalue weighted by Gasteiger charge is -1.98. The lowest BCUT2D eigenvalue weighted by atomic mass is 10.2. The van der Waals surface area contributed by atoms with Gasteiger partial charge in [-0.2, -0.15) is 0 Å². The molecule has 0 amide bonds. The van der Waals surface area contributed by atoms with Crippen LogP contribution < -0.4 is 5.73 Å². The number of nitrogens with zero attached hydrogens (tertiary/aromatic N) is 3. The highest BCUT2D eigenvalue weighted by Crippen LogP contribution is 2.01. The van der Waals surface area contributed by atoms with Crippen LogP contribution in [0.1, 0.15) is 32.6 Å². The van der Waals surface area contributed by atoms with E-state index in [1.54, 1.807) is 10.9 Å². The first-order chi connectivity index (χ1) is 5.83. The number of aromatic nitrogens is 3. The van der Waals surface area contributed by atoms with Gasteiger partial charge in [-0.3, -0.25) is 4.68 Å². The molecule has 0 bridgehead atoms. The number of nitrogen functional groups attached to an aromatic ring is 1. The average molecular weight is 168 g/mol. The van der Waals surface area contributed by atoms with Crippen LogP contribution >= 0.6 is 0 Å². The predicted octanol–water partition coefficient (Wildman–Crippen LogP) is 1.44. The third-order valence-corrected chi connectivity index (χ3v) is 1.80. The van der Waals surface area contributed by atoms with Gasteiger partial charge in [0.05, 0.1) is 6.20 Å². The van der Waals surface area contributed by atoms with Crippen molar-refractivity contribution in [3.8, 4) is 0 Å². The van der Waals surface area contributed by atoms with Gasteiger partial charge in [0, 0.05) is 6.54 Å². The number of nitrogens with two attached hydrogens (primary N) is 1. The molecule has 1 rings (SSSR count). The zero-order valence-electron chi connectivity index (χ0n) is 7.53. The fourth-order valence-electron chi connectivity index (χ4n) is 1.12. The molecule has 1 heterocycles. The number of aryl methyl sites for hydroxylation is 1. The summed E-state index contributed by atoms with van der Waals surface area (Å²) in [7, 11) is 0. The Morgan fingerprint density at radius 1 is 1.42 bits per heavy atom. The maximum Gasteiger partial charge on any atom is 0.165 e. The van der Waals surface area contributed by atoms with E-state index in [2.05, 4.69) is 17.2 Å². The lowest BCUT2D eigenvalue weighted by molar-refractivity contribution is 0.527. The Hall–Kier alpha value is -1.06. The molecule has 12 heavy (non-hydrogen) atoms. The molecule has 1 aromatic heterocycles. The standard InChI is InChI=1S/C8H16N4/c1-2-3-4-5-6-12-7-8(9)10-11-12/h7H,2-6,9H2,1H3. The van der Waals surface area contributed by atoms with Crippen LogP contribution in [-0.4, -0.2) is 15.0 Å². The van der Waals surface area contributed by atoms with Gasteiger partial charge < -0.3 is 5.73 Å². The van der Waals surface area contributed by atoms with Crippen LogP contribution in [0.4, 0.5) is 5.82 Å². The van der Waals surface area contributed by atoms with Crippen molar-refractivity contribution in [2.75, 3.05) is 5.73 Å². The van der Waals surface area contributed by atoms with E-state index in [9.17, 15) is 0 Å². The van der Waals surface area contributed by atoms with Gasteiger partial charge in [-0.25, -0.2) is 0 Å². The quantitative estimate of drug-likeness (QED) is 0.677. The first-order valence-corrected chi connectivity index (χ1v) is 4.48. The molecule has 0 aromatic carbocycles. The summed E-state index contributed by atoms with van der Waals surface area (Å²) in [5.41, 5.74) is 5.41. The molecule has 0 saturated carbocycles. The van der Waals surface area contributed by atoms with Gasteiger partial charge in [-0.15, -0.1) is 5.10 Å². The summed E-state index contributed by atoms with van der Waals surface area (Å²) in [6.45, 7) is 3.14. The van der Waals surface area contributed by atoms with Gasteiger partial charge in [-0.1, -0.05) is 31.4 Å². The number of hydrogen-bond acceptors (Lipinski definition) is 3. The van der Waals surface area contributed by atoms with E-state index in [0.717, 1.165) is 13.0 Å². The first kappa shape index (κ1) is 9.03. The molecule has 0 aliphatic heterocycles. The second-order valence-corrected chi connectivity index (χ2v) is 2.97. The molecule has 0 fully saturated rings. The Morgan fingerprint density at radius 3 is 2.83 bits per heavy atom. The number of hydrogen-bond donors (Lipinski definition) is 1. The van der Waals surface area contributed by atoms with E-state index >= 15 is 0 Å². The van der Waals surface area contributed by atoms with Crippen molar-refractivity contribution in [1.82, 2.24) is 15.0 Å². The fraction of sp³-hybridized carbons (Fsp3) is 0.750. The van der Waals surface area contributed by atoms with Gasteiger partial charge in [0.2, 0.25) is 0 Å². The summed E-state index contributed by atoms with van der Waals surface area (Å²) >= 11 is 0. The average Bonchev–Trinajstić information content (AvgIpc) is 2.45. The van der Waals surface area contributed by atoms with Crippen molar-refractivity contribution in [1.29, 1.82) is 0 Å². The Kier molecular flexibility index (Phi) is 3.57. The molecular formula is C8H16N4. The highest BCUT2D eigenvalue weighted by Gasteiger charge is 1.94. The number of unbranched alkanes of at least 4 members (excludes halogenated alkanes) is 3. The molecular weight excluding hydrogens is 152 g/mol. The minimum atomic E-state index is 0.505. The van der Waals surface area contributed by atoms with Crippen LogP contribution in [-0.2, 0) is 6.54 Å². The molecule has 0 atom stereocenters. The minimum Gasteiger partial charge on any atom is -0.381 e. The third-order valence-electron chi connectivity index (χ3n) is 1.80. The molecule has 0 unspecified atom stereocenters. The van der Waals surface area contributed by atoms with Crippen molar-refractivity contribution < 1.29 is 0 Å². The maximum atomic E-state index is 5.41. The van der Waals surface area contributed by atoms with Crippen LogP contribution in [0.3, 0.4) is 0 Å². The summed E-state index contributed by atoms with van der Waals surface area (Å²) in [4.78, 5) is 0. The molecule has 1 aromatic rings. The summed E-state index contributed by atoms with van der Waals surface area (Å²) in [6.07, 6.45) is 6.75. The van der Waals surface area contributed by atoms with Crippen LogP contribution in [0, 0.1) is 0 Å². The summed E-state index contributed by atoms with van der Waals surface area (Å²) < 4.78 is 1.80. The zero-order chi connectivity index (χ0) is 8.81. The Morgan fingerprint density at radius 2 is 2.25 bits per heavy atom. The summed E-state index contributed by atoms with van der Waals surface area (Å²) in [5, 5.41) is 7.56. The third kappa shape index (κ3) is 2.90. The number of anilines is 1. The van der Waals surface area contributed by atoms with E-state index in [-0.39, 0.29) is 0 Å². The monoisotopic (exact) mass is 168 g/mol. The van der Waals surface area contributed by atoms with Crippen LogP contribution in [0.25, 0.3) is 0 Å². The maximum absolute atomic E-state index is 5.41. The number of rotatable bonds is 5. The zero-order valence-corrected chi connectivity index (χ0v) is 7.53. The lowest BCUT2D eigenvalue weighted by Crippen LogP contribution is -1.98. The van der Waals surface area contributed by atoms with Crippen molar-refractivity contribution >= 4 is 5.82 Å². The van der Waals surface area contributed by atoms with Gasteiger partial charge >= 0.3 is 0 Å². The first-order valence-electron chi connectivity index (χ1n) is 4.48. The molecule has 4 heteroatoms. The molecule has 0 aliphatic rings. The molecule has 0 spiro atoms. The topological polar surface area (TPSA) is 56.7 Å². The fourth-order valence-corrected chi connectivity index (χ4v) is 1.12. The SMILES string of the molecule is CCCCCCn1cc(N)nn1.